The fourth-order valence-corrected chi connectivity index (χ4v) is 1.35. The zero-order valence-electron chi connectivity index (χ0n) is 7.44. The van der Waals surface area contributed by atoms with E-state index in [0.717, 1.165) is 10.8 Å². The molecule has 0 aliphatic heterocycles. The highest BCUT2D eigenvalue weighted by Crippen LogP contribution is 2.23. The summed E-state index contributed by atoms with van der Waals surface area (Å²) in [5.41, 5.74) is 0. The minimum Gasteiger partial charge on any atom is -0.412 e. The molecule has 2 aromatic carbocycles. The first-order valence-electron chi connectivity index (χ1n) is 4.11. The van der Waals surface area contributed by atoms with Crippen LogP contribution in [-0.4, -0.2) is 0 Å². The van der Waals surface area contributed by atoms with Crippen molar-refractivity contribution in [3.05, 3.63) is 36.4 Å². The summed E-state index contributed by atoms with van der Waals surface area (Å²) in [4.78, 5) is 9.25. The Labute approximate surface area is 80.9 Å². The summed E-state index contributed by atoms with van der Waals surface area (Å²) in [7, 11) is 0. The van der Waals surface area contributed by atoms with Crippen molar-refractivity contribution in [3.63, 3.8) is 0 Å². The third kappa shape index (κ3) is 1.48. The van der Waals surface area contributed by atoms with Gasteiger partial charge in [-0.15, -0.1) is 0 Å². The van der Waals surface area contributed by atoms with Gasteiger partial charge in [0, 0.05) is 0 Å². The van der Waals surface area contributed by atoms with Gasteiger partial charge in [-0.2, -0.15) is 11.8 Å². The SMILES string of the molecule is NOc1ccc2ccc(ON)cc2c1. The Morgan fingerprint density at radius 3 is 1.64 bits per heavy atom. The Hall–Kier alpha value is -1.78. The summed E-state index contributed by atoms with van der Waals surface area (Å²) < 4.78 is 0. The molecule has 0 spiro atoms. The summed E-state index contributed by atoms with van der Waals surface area (Å²) >= 11 is 0. The highest BCUT2D eigenvalue weighted by Gasteiger charge is 1.98. The Bertz CT molecular complexity index is 418. The molecule has 14 heavy (non-hydrogen) atoms. The second-order valence-electron chi connectivity index (χ2n) is 2.91. The summed E-state index contributed by atoms with van der Waals surface area (Å²) in [5, 5.41) is 2.04. The largest absolute Gasteiger partial charge is 0.412 e. The summed E-state index contributed by atoms with van der Waals surface area (Å²) in [5.74, 6) is 11.3. The molecule has 72 valence electrons. The predicted molar refractivity (Wildman–Crippen MR) is 53.6 cm³/mol. The first-order chi connectivity index (χ1) is 6.83. The van der Waals surface area contributed by atoms with Gasteiger partial charge in [0.05, 0.1) is 0 Å². The van der Waals surface area contributed by atoms with E-state index in [1.165, 1.54) is 0 Å². The van der Waals surface area contributed by atoms with Crippen LogP contribution in [0.25, 0.3) is 10.8 Å². The van der Waals surface area contributed by atoms with Crippen molar-refractivity contribution in [2.45, 2.75) is 0 Å². The lowest BCUT2D eigenvalue weighted by atomic mass is 10.1. The first kappa shape index (κ1) is 8.80. The fraction of sp³-hybridized carbons (Fsp3) is 0. The van der Waals surface area contributed by atoms with E-state index in [2.05, 4.69) is 9.68 Å². The quantitative estimate of drug-likeness (QED) is 0.701. The third-order valence-electron chi connectivity index (χ3n) is 2.06. The predicted octanol–water partition coefficient (Wildman–Crippen LogP) is 1.34. The standard InChI is InChI=1S/C10H10N2O2/c11-13-9-3-1-7-2-4-10(14-12)6-8(7)5-9/h1-6H,11-12H2. The molecule has 0 aromatic heterocycles. The Morgan fingerprint density at radius 1 is 0.714 bits per heavy atom. The molecule has 0 unspecified atom stereocenters. The van der Waals surface area contributed by atoms with E-state index >= 15 is 0 Å². The van der Waals surface area contributed by atoms with Gasteiger partial charge in [0.25, 0.3) is 0 Å². The first-order valence-corrected chi connectivity index (χ1v) is 4.11. The van der Waals surface area contributed by atoms with Crippen molar-refractivity contribution in [3.8, 4) is 11.5 Å². The van der Waals surface area contributed by atoms with Gasteiger partial charge < -0.3 is 9.68 Å². The lowest BCUT2D eigenvalue weighted by molar-refractivity contribution is 0.333. The van der Waals surface area contributed by atoms with Crippen LogP contribution < -0.4 is 21.5 Å². The topological polar surface area (TPSA) is 70.5 Å². The summed E-state index contributed by atoms with van der Waals surface area (Å²) in [6.07, 6.45) is 0. The molecule has 0 amide bonds. The normalized spacial score (nSPS) is 10.1. The van der Waals surface area contributed by atoms with Gasteiger partial charge in [-0.3, -0.25) is 0 Å². The number of hydrogen-bond donors (Lipinski definition) is 2. The van der Waals surface area contributed by atoms with Gasteiger partial charge in [-0.1, -0.05) is 12.1 Å². The van der Waals surface area contributed by atoms with E-state index in [1.54, 1.807) is 12.1 Å². The molecule has 0 bridgehead atoms. The van der Waals surface area contributed by atoms with Gasteiger partial charge in [0.15, 0.2) is 0 Å². The van der Waals surface area contributed by atoms with Crippen LogP contribution in [0, 0.1) is 0 Å². The van der Waals surface area contributed by atoms with Crippen LogP contribution in [0.2, 0.25) is 0 Å². The Balaban J connectivity index is 2.60. The second kappa shape index (κ2) is 3.53. The number of fused-ring (bicyclic) bond motifs is 1. The highest BCUT2D eigenvalue weighted by atomic mass is 16.6. The van der Waals surface area contributed by atoms with Crippen molar-refractivity contribution in [2.24, 2.45) is 11.8 Å². The molecule has 0 fully saturated rings. The van der Waals surface area contributed by atoms with E-state index in [-0.39, 0.29) is 0 Å². The third-order valence-corrected chi connectivity index (χ3v) is 2.06. The Kier molecular flexibility index (Phi) is 2.22. The van der Waals surface area contributed by atoms with Gasteiger partial charge in [-0.05, 0) is 35.0 Å². The van der Waals surface area contributed by atoms with Gasteiger partial charge in [0.1, 0.15) is 11.5 Å². The summed E-state index contributed by atoms with van der Waals surface area (Å²) in [6, 6.07) is 11.1. The maximum atomic E-state index is 5.06. The molecule has 4 N–H and O–H groups in total. The molecule has 0 heterocycles. The molecular weight excluding hydrogens is 180 g/mol. The molecule has 2 aromatic rings. The van der Waals surface area contributed by atoms with Crippen molar-refractivity contribution in [2.75, 3.05) is 0 Å². The maximum absolute atomic E-state index is 5.06. The van der Waals surface area contributed by atoms with E-state index in [0.29, 0.717) is 11.5 Å². The zero-order chi connectivity index (χ0) is 9.97. The molecular formula is C10H10N2O2. The van der Waals surface area contributed by atoms with Crippen molar-refractivity contribution >= 4 is 10.8 Å². The molecule has 4 heteroatoms. The van der Waals surface area contributed by atoms with Crippen molar-refractivity contribution < 1.29 is 9.68 Å². The van der Waals surface area contributed by atoms with Crippen molar-refractivity contribution in [1.82, 2.24) is 0 Å². The minimum atomic E-state index is 0.603. The fourth-order valence-electron chi connectivity index (χ4n) is 1.35. The van der Waals surface area contributed by atoms with E-state index in [9.17, 15) is 0 Å². The number of rotatable bonds is 2. The average molecular weight is 190 g/mol. The van der Waals surface area contributed by atoms with Crippen molar-refractivity contribution in [1.29, 1.82) is 0 Å². The lowest BCUT2D eigenvalue weighted by Gasteiger charge is -2.03. The zero-order valence-corrected chi connectivity index (χ0v) is 7.44. The maximum Gasteiger partial charge on any atom is 0.147 e. The molecule has 4 nitrogen and oxygen atoms in total. The van der Waals surface area contributed by atoms with Crippen LogP contribution in [0.4, 0.5) is 0 Å². The molecule has 0 aliphatic carbocycles. The summed E-state index contributed by atoms with van der Waals surface area (Å²) in [6.45, 7) is 0. The molecule has 0 atom stereocenters. The van der Waals surface area contributed by atoms with Gasteiger partial charge >= 0.3 is 0 Å². The van der Waals surface area contributed by atoms with E-state index < -0.39 is 0 Å². The van der Waals surface area contributed by atoms with Crippen LogP contribution in [0.1, 0.15) is 0 Å². The Morgan fingerprint density at radius 2 is 1.21 bits per heavy atom. The average Bonchev–Trinajstić information content (AvgIpc) is 2.27. The monoisotopic (exact) mass is 190 g/mol. The molecule has 0 saturated carbocycles. The second-order valence-corrected chi connectivity index (χ2v) is 2.91. The number of benzene rings is 2. The van der Waals surface area contributed by atoms with Crippen LogP contribution >= 0.6 is 0 Å². The van der Waals surface area contributed by atoms with Gasteiger partial charge in [-0.25, -0.2) is 0 Å². The molecule has 0 radical (unpaired) electrons. The number of hydrogen-bond acceptors (Lipinski definition) is 4. The van der Waals surface area contributed by atoms with Crippen LogP contribution in [0.15, 0.2) is 36.4 Å². The minimum absolute atomic E-state index is 0.603. The van der Waals surface area contributed by atoms with Crippen LogP contribution in [-0.2, 0) is 0 Å². The molecule has 0 saturated heterocycles. The van der Waals surface area contributed by atoms with Crippen LogP contribution in [0.3, 0.4) is 0 Å². The van der Waals surface area contributed by atoms with E-state index in [4.69, 9.17) is 11.8 Å². The van der Waals surface area contributed by atoms with Crippen LogP contribution in [0.5, 0.6) is 11.5 Å². The van der Waals surface area contributed by atoms with Gasteiger partial charge in [0.2, 0.25) is 0 Å². The lowest BCUT2D eigenvalue weighted by Crippen LogP contribution is -2.02. The highest BCUT2D eigenvalue weighted by molar-refractivity contribution is 5.85. The van der Waals surface area contributed by atoms with E-state index in [1.807, 2.05) is 24.3 Å². The molecule has 2 rings (SSSR count). The number of nitrogens with two attached hydrogens (primary N) is 2. The smallest absolute Gasteiger partial charge is 0.147 e. The molecule has 0 aliphatic rings.